The lowest BCUT2D eigenvalue weighted by molar-refractivity contribution is 0.0198. The van der Waals surface area contributed by atoms with Crippen LogP contribution in [0, 0.1) is 5.41 Å². The molecule has 0 atom stereocenters. The summed E-state index contributed by atoms with van der Waals surface area (Å²) in [5, 5.41) is 0. The number of nitrogens with zero attached hydrogens (tertiary/aromatic N) is 1. The fourth-order valence-corrected chi connectivity index (χ4v) is 5.14. The Morgan fingerprint density at radius 1 is 1.33 bits per heavy atom. The maximum atomic E-state index is 2.56. The van der Waals surface area contributed by atoms with Crippen LogP contribution in [0.5, 0.6) is 0 Å². The topological polar surface area (TPSA) is 3.24 Å². The second-order valence-electron chi connectivity index (χ2n) is 3.28. The van der Waals surface area contributed by atoms with E-state index in [1.165, 1.54) is 25.9 Å². The molecule has 1 aliphatic heterocycles. The summed E-state index contributed by atoms with van der Waals surface area (Å²) in [7, 11) is 0. The minimum Gasteiger partial charge on any atom is -0.246 e. The third kappa shape index (κ3) is 1.13. The van der Waals surface area contributed by atoms with Gasteiger partial charge in [0.05, 0.1) is 0 Å². The lowest BCUT2D eigenvalue weighted by Crippen LogP contribution is -2.58. The van der Waals surface area contributed by atoms with Gasteiger partial charge in [0.15, 0.2) is 0 Å². The van der Waals surface area contributed by atoms with Crippen molar-refractivity contribution in [3.8, 4) is 0 Å². The van der Waals surface area contributed by atoms with Crippen molar-refractivity contribution >= 4 is 45.5 Å². The van der Waals surface area contributed by atoms with Gasteiger partial charge in [-0.3, -0.25) is 0 Å². The Morgan fingerprint density at radius 3 is 2.22 bits per heavy atom. The Balaban J connectivity index is 1.87. The third-order valence-corrected chi connectivity index (χ3v) is 3.89. The van der Waals surface area contributed by atoms with Crippen LogP contribution in [0.3, 0.4) is 0 Å². The minimum atomic E-state index is 0.799. The number of alkyl halides is 1. The highest BCUT2D eigenvalue weighted by atomic mass is 127. The summed E-state index contributed by atoms with van der Waals surface area (Å²) in [6.07, 6.45) is 2.96. The summed E-state index contributed by atoms with van der Waals surface area (Å²) < 4.78 is 3.38. The van der Waals surface area contributed by atoms with E-state index in [1.54, 1.807) is 0 Å². The summed E-state index contributed by atoms with van der Waals surface area (Å²) in [4.78, 5) is 0. The lowest BCUT2D eigenvalue weighted by Gasteiger charge is -2.56. The molecule has 1 spiro atoms. The summed E-state index contributed by atoms with van der Waals surface area (Å²) >= 11 is 4.98. The highest BCUT2D eigenvalue weighted by molar-refractivity contribution is 14.1. The van der Waals surface area contributed by atoms with E-state index in [2.05, 4.69) is 48.6 Å². The average molecular weight is 349 g/mol. The highest BCUT2D eigenvalue weighted by Gasteiger charge is 2.50. The van der Waals surface area contributed by atoms with Gasteiger partial charge in [0.2, 0.25) is 0 Å². The maximum Gasteiger partial charge on any atom is 0.0201 e. The Hall–Kier alpha value is 1.42. The second-order valence-corrected chi connectivity index (χ2v) is 6.41. The fourth-order valence-electron chi connectivity index (χ4n) is 1.82. The van der Waals surface area contributed by atoms with Gasteiger partial charge < -0.3 is 0 Å². The summed E-state index contributed by atoms with van der Waals surface area (Å²) in [6, 6.07) is 0. The van der Waals surface area contributed by atoms with Crippen LogP contribution < -0.4 is 0 Å². The molecule has 0 unspecified atom stereocenters. The van der Waals surface area contributed by atoms with Gasteiger partial charge in [0, 0.05) is 39.9 Å². The van der Waals surface area contributed by atoms with Gasteiger partial charge in [-0.2, -0.15) is 0 Å². The van der Waals surface area contributed by atoms with Gasteiger partial charge in [-0.15, -0.1) is 0 Å². The molecule has 1 nitrogen and oxygen atoms in total. The molecule has 0 amide bonds. The fraction of sp³-hybridized carbons (Fsp3) is 1.00. The van der Waals surface area contributed by atoms with Gasteiger partial charge in [0.1, 0.15) is 0 Å². The summed E-state index contributed by atoms with van der Waals surface area (Å²) in [5.74, 6) is 0. The van der Waals surface area contributed by atoms with Gasteiger partial charge in [-0.25, -0.2) is 3.11 Å². The molecule has 1 saturated carbocycles. The first kappa shape index (κ1) is 7.09. The normalized spacial score (nSPS) is 34.0. The molecular formula is C6H9I2N. The molecule has 2 rings (SSSR count). The molecule has 1 aliphatic carbocycles. The average Bonchev–Trinajstić information content (AvgIpc) is 1.58. The van der Waals surface area contributed by atoms with E-state index >= 15 is 0 Å². The lowest BCUT2D eigenvalue weighted by atomic mass is 9.65. The molecule has 3 heteroatoms. The largest absolute Gasteiger partial charge is 0.246 e. The smallest absolute Gasteiger partial charge is 0.0201 e. The van der Waals surface area contributed by atoms with Crippen LogP contribution in [0.4, 0.5) is 0 Å². The van der Waals surface area contributed by atoms with E-state index in [-0.39, 0.29) is 0 Å². The molecule has 0 aromatic carbocycles. The van der Waals surface area contributed by atoms with E-state index in [4.69, 9.17) is 0 Å². The second kappa shape index (κ2) is 2.20. The van der Waals surface area contributed by atoms with Crippen LogP contribution in [-0.2, 0) is 0 Å². The van der Waals surface area contributed by atoms with Crippen LogP contribution in [0.2, 0.25) is 0 Å². The Labute approximate surface area is 83.2 Å². The zero-order chi connectivity index (χ0) is 6.48. The molecule has 0 radical (unpaired) electrons. The zero-order valence-electron chi connectivity index (χ0n) is 5.11. The Kier molecular flexibility index (Phi) is 1.73. The van der Waals surface area contributed by atoms with E-state index < -0.39 is 0 Å². The van der Waals surface area contributed by atoms with Crippen molar-refractivity contribution in [3.63, 3.8) is 0 Å². The van der Waals surface area contributed by atoms with Crippen LogP contribution in [0.15, 0.2) is 0 Å². The Bertz CT molecular complexity index is 106. The molecular weight excluding hydrogens is 340 g/mol. The van der Waals surface area contributed by atoms with Crippen molar-refractivity contribution in [2.24, 2.45) is 5.41 Å². The molecule has 1 saturated heterocycles. The van der Waals surface area contributed by atoms with Crippen molar-refractivity contribution in [1.29, 1.82) is 0 Å². The van der Waals surface area contributed by atoms with Gasteiger partial charge in [-0.1, -0.05) is 22.6 Å². The van der Waals surface area contributed by atoms with Crippen molar-refractivity contribution in [3.05, 3.63) is 0 Å². The SMILES string of the molecule is IC1CC2(C1)CN(I)C2. The number of hydrogen-bond acceptors (Lipinski definition) is 1. The monoisotopic (exact) mass is 349 g/mol. The van der Waals surface area contributed by atoms with Gasteiger partial charge in [-0.05, 0) is 18.3 Å². The predicted molar refractivity (Wildman–Crippen MR) is 55.1 cm³/mol. The predicted octanol–water partition coefficient (Wildman–Crippen LogP) is 2.24. The highest BCUT2D eigenvalue weighted by Crippen LogP contribution is 2.52. The molecule has 52 valence electrons. The molecule has 0 aromatic heterocycles. The van der Waals surface area contributed by atoms with Crippen LogP contribution in [0.1, 0.15) is 12.8 Å². The van der Waals surface area contributed by atoms with Crippen molar-refractivity contribution in [1.82, 2.24) is 3.11 Å². The molecule has 2 fully saturated rings. The van der Waals surface area contributed by atoms with Gasteiger partial charge in [0.25, 0.3) is 0 Å². The van der Waals surface area contributed by atoms with Gasteiger partial charge >= 0.3 is 0 Å². The third-order valence-electron chi connectivity index (χ3n) is 2.32. The number of hydrogen-bond donors (Lipinski definition) is 0. The summed E-state index contributed by atoms with van der Waals surface area (Å²) in [5.41, 5.74) is 0.799. The standard InChI is InChI=1S/C6H9I2N/c7-5-1-6(2-5)3-9(8)4-6/h5H,1-4H2. The van der Waals surface area contributed by atoms with E-state index in [1.807, 2.05) is 0 Å². The Morgan fingerprint density at radius 2 is 1.89 bits per heavy atom. The number of rotatable bonds is 0. The van der Waals surface area contributed by atoms with E-state index in [0.29, 0.717) is 0 Å². The molecule has 0 aromatic rings. The molecule has 9 heavy (non-hydrogen) atoms. The first-order chi connectivity index (χ1) is 4.20. The van der Waals surface area contributed by atoms with Crippen LogP contribution in [-0.4, -0.2) is 20.1 Å². The van der Waals surface area contributed by atoms with Crippen LogP contribution in [0.25, 0.3) is 0 Å². The van der Waals surface area contributed by atoms with Crippen molar-refractivity contribution in [2.75, 3.05) is 13.1 Å². The van der Waals surface area contributed by atoms with E-state index in [9.17, 15) is 0 Å². The molecule has 0 bridgehead atoms. The first-order valence-electron chi connectivity index (χ1n) is 3.25. The zero-order valence-corrected chi connectivity index (χ0v) is 9.42. The maximum absolute atomic E-state index is 2.56. The molecule has 1 heterocycles. The quantitative estimate of drug-likeness (QED) is 0.368. The van der Waals surface area contributed by atoms with Crippen molar-refractivity contribution in [2.45, 2.75) is 16.8 Å². The minimum absolute atomic E-state index is 0.799. The van der Waals surface area contributed by atoms with Crippen molar-refractivity contribution < 1.29 is 0 Å². The number of halogens is 2. The van der Waals surface area contributed by atoms with Crippen LogP contribution >= 0.6 is 45.5 Å². The summed E-state index contributed by atoms with van der Waals surface area (Å²) in [6.45, 7) is 2.71. The van der Waals surface area contributed by atoms with E-state index in [0.717, 1.165) is 9.34 Å². The first-order valence-corrected chi connectivity index (χ1v) is 5.46. The molecule has 0 N–H and O–H groups in total. The molecule has 2 aliphatic rings.